The minimum atomic E-state index is -1.25. The number of aliphatic hydroxyl groups excluding tert-OH is 1. The van der Waals surface area contributed by atoms with Gasteiger partial charge in [0.05, 0.1) is 45.0 Å². The number of methoxy groups -OCH3 is 3. The van der Waals surface area contributed by atoms with Gasteiger partial charge < -0.3 is 28.8 Å². The first-order chi connectivity index (χ1) is 15.3. The number of rotatable bonds is 6. The maximum absolute atomic E-state index is 13.6. The molecular formula is C23H22O9. The molecule has 0 bridgehead atoms. The summed E-state index contributed by atoms with van der Waals surface area (Å²) in [6, 6.07) is 4.46. The van der Waals surface area contributed by atoms with Crippen LogP contribution in [-0.4, -0.2) is 56.9 Å². The number of ketones is 2. The van der Waals surface area contributed by atoms with E-state index in [0.29, 0.717) is 11.3 Å². The Labute approximate surface area is 183 Å². The lowest BCUT2D eigenvalue weighted by Gasteiger charge is -2.24. The number of hydrogen-bond donors (Lipinski definition) is 1. The van der Waals surface area contributed by atoms with Crippen molar-refractivity contribution in [2.75, 3.05) is 27.9 Å². The van der Waals surface area contributed by atoms with Gasteiger partial charge in [-0.1, -0.05) is 0 Å². The zero-order valence-electron chi connectivity index (χ0n) is 18.0. The van der Waals surface area contributed by atoms with E-state index in [2.05, 4.69) is 0 Å². The molecular weight excluding hydrogens is 420 g/mol. The predicted molar refractivity (Wildman–Crippen MR) is 110 cm³/mol. The highest BCUT2D eigenvalue weighted by Crippen LogP contribution is 2.50. The van der Waals surface area contributed by atoms with E-state index in [0.717, 1.165) is 0 Å². The smallest absolute Gasteiger partial charge is 0.302 e. The minimum Gasteiger partial charge on any atom is -0.497 e. The first-order valence-corrected chi connectivity index (χ1v) is 9.90. The standard InChI is InChI=1S/C23H22O9/c1-10(24)31-6-5-12-18-16(32-23(12)27)9-14-19(22(18)30-4)21(26)17-13(20(14)25)7-11(28-2)8-15(17)29-3/h7-9,12,23,27H,5-6H2,1-4H3. The molecule has 9 heteroatoms. The van der Waals surface area contributed by atoms with Gasteiger partial charge in [0.15, 0.2) is 5.78 Å². The first-order valence-electron chi connectivity index (χ1n) is 9.90. The summed E-state index contributed by atoms with van der Waals surface area (Å²) in [5, 5.41) is 10.5. The third-order valence-corrected chi connectivity index (χ3v) is 5.66. The van der Waals surface area contributed by atoms with Crippen molar-refractivity contribution in [3.05, 3.63) is 46.0 Å². The second kappa shape index (κ2) is 8.16. The molecule has 0 spiro atoms. The van der Waals surface area contributed by atoms with Crippen molar-refractivity contribution in [2.45, 2.75) is 25.6 Å². The van der Waals surface area contributed by atoms with Crippen LogP contribution in [0.2, 0.25) is 0 Å². The van der Waals surface area contributed by atoms with Crippen LogP contribution >= 0.6 is 0 Å². The molecule has 1 N–H and O–H groups in total. The van der Waals surface area contributed by atoms with Crippen LogP contribution in [0.3, 0.4) is 0 Å². The number of hydrogen-bond acceptors (Lipinski definition) is 9. The summed E-state index contributed by atoms with van der Waals surface area (Å²) in [6.45, 7) is 1.33. The second-order valence-corrected chi connectivity index (χ2v) is 7.40. The highest BCUT2D eigenvalue weighted by molar-refractivity contribution is 6.30. The maximum Gasteiger partial charge on any atom is 0.302 e. The molecule has 168 valence electrons. The largest absolute Gasteiger partial charge is 0.497 e. The average molecular weight is 442 g/mol. The van der Waals surface area contributed by atoms with E-state index in [4.69, 9.17) is 23.7 Å². The van der Waals surface area contributed by atoms with Crippen molar-refractivity contribution >= 4 is 17.5 Å². The van der Waals surface area contributed by atoms with Gasteiger partial charge in [-0.25, -0.2) is 0 Å². The van der Waals surface area contributed by atoms with E-state index in [1.165, 1.54) is 46.5 Å². The molecule has 2 atom stereocenters. The molecule has 0 saturated heterocycles. The van der Waals surface area contributed by atoms with Crippen LogP contribution in [0.25, 0.3) is 0 Å². The highest BCUT2D eigenvalue weighted by atomic mass is 16.6. The molecule has 1 aliphatic carbocycles. The van der Waals surface area contributed by atoms with Crippen molar-refractivity contribution in [3.63, 3.8) is 0 Å². The SMILES string of the molecule is COc1cc(OC)c2c(c1)C(=O)c1cc3c(c(OC)c1C2=O)C(CCOC(C)=O)C(O)O3. The molecule has 32 heavy (non-hydrogen) atoms. The number of ether oxygens (including phenoxy) is 5. The van der Waals surface area contributed by atoms with Gasteiger partial charge in [0.2, 0.25) is 12.1 Å². The monoisotopic (exact) mass is 442 g/mol. The highest BCUT2D eigenvalue weighted by Gasteiger charge is 2.43. The van der Waals surface area contributed by atoms with Crippen LogP contribution in [0.1, 0.15) is 56.7 Å². The van der Waals surface area contributed by atoms with Crippen LogP contribution in [0.4, 0.5) is 0 Å². The van der Waals surface area contributed by atoms with Gasteiger partial charge in [0.25, 0.3) is 0 Å². The van der Waals surface area contributed by atoms with E-state index < -0.39 is 29.7 Å². The van der Waals surface area contributed by atoms with Crippen LogP contribution in [-0.2, 0) is 9.53 Å². The summed E-state index contributed by atoms with van der Waals surface area (Å²) < 4.78 is 26.7. The average Bonchev–Trinajstić information content (AvgIpc) is 3.09. The number of fused-ring (bicyclic) bond motifs is 3. The Kier molecular flexibility index (Phi) is 5.52. The topological polar surface area (TPSA) is 118 Å². The molecule has 2 aromatic rings. The first kappa shape index (κ1) is 21.6. The third-order valence-electron chi connectivity index (χ3n) is 5.66. The molecule has 0 aromatic heterocycles. The number of aliphatic hydroxyl groups is 1. The van der Waals surface area contributed by atoms with Crippen LogP contribution in [0.15, 0.2) is 18.2 Å². The molecule has 0 fully saturated rings. The third kappa shape index (κ3) is 3.25. The van der Waals surface area contributed by atoms with Gasteiger partial charge in [0.1, 0.15) is 23.0 Å². The zero-order chi connectivity index (χ0) is 23.2. The molecule has 2 unspecified atom stereocenters. The van der Waals surface area contributed by atoms with Crippen molar-refractivity contribution < 1.29 is 43.2 Å². The fourth-order valence-electron chi connectivity index (χ4n) is 4.24. The van der Waals surface area contributed by atoms with Gasteiger partial charge in [0, 0.05) is 29.7 Å². The van der Waals surface area contributed by atoms with E-state index in [1.807, 2.05) is 0 Å². The van der Waals surface area contributed by atoms with Crippen LogP contribution < -0.4 is 18.9 Å². The lowest BCUT2D eigenvalue weighted by Crippen LogP contribution is -2.23. The minimum absolute atomic E-state index is 0.0451. The molecule has 0 saturated carbocycles. The Morgan fingerprint density at radius 3 is 2.34 bits per heavy atom. The summed E-state index contributed by atoms with van der Waals surface area (Å²) in [7, 11) is 4.23. The van der Waals surface area contributed by atoms with Crippen molar-refractivity contribution in [1.29, 1.82) is 0 Å². The molecule has 2 aliphatic rings. The molecule has 2 aromatic carbocycles. The summed E-state index contributed by atoms with van der Waals surface area (Å²) in [5.74, 6) is -0.987. The number of carbonyl (C=O) groups is 3. The van der Waals surface area contributed by atoms with E-state index in [1.54, 1.807) is 0 Å². The molecule has 1 heterocycles. The fourth-order valence-corrected chi connectivity index (χ4v) is 4.24. The summed E-state index contributed by atoms with van der Waals surface area (Å²) in [6.07, 6.45) is -1.01. The van der Waals surface area contributed by atoms with Crippen molar-refractivity contribution in [1.82, 2.24) is 0 Å². The second-order valence-electron chi connectivity index (χ2n) is 7.40. The van der Waals surface area contributed by atoms with E-state index in [9.17, 15) is 19.5 Å². The van der Waals surface area contributed by atoms with Crippen LogP contribution in [0.5, 0.6) is 23.0 Å². The van der Waals surface area contributed by atoms with Gasteiger partial charge in [-0.05, 0) is 18.6 Å². The van der Waals surface area contributed by atoms with Crippen molar-refractivity contribution in [2.24, 2.45) is 0 Å². The lowest BCUT2D eigenvalue weighted by atomic mass is 9.80. The zero-order valence-corrected chi connectivity index (χ0v) is 18.0. The molecule has 9 nitrogen and oxygen atoms in total. The summed E-state index contributed by atoms with van der Waals surface area (Å²) in [5.41, 5.74) is 0.872. The lowest BCUT2D eigenvalue weighted by molar-refractivity contribution is -0.141. The van der Waals surface area contributed by atoms with Gasteiger partial charge in [-0.2, -0.15) is 0 Å². The van der Waals surface area contributed by atoms with Gasteiger partial charge >= 0.3 is 5.97 Å². The number of carbonyl (C=O) groups excluding carboxylic acids is 3. The normalized spacial score (nSPS) is 18.3. The number of benzene rings is 2. The number of esters is 1. The van der Waals surface area contributed by atoms with E-state index in [-0.39, 0.29) is 52.5 Å². The predicted octanol–water partition coefficient (Wildman–Crippen LogP) is 2.24. The van der Waals surface area contributed by atoms with Gasteiger partial charge in [-0.15, -0.1) is 0 Å². The maximum atomic E-state index is 13.6. The molecule has 1 aliphatic heterocycles. The Morgan fingerprint density at radius 2 is 1.72 bits per heavy atom. The van der Waals surface area contributed by atoms with E-state index >= 15 is 0 Å². The van der Waals surface area contributed by atoms with Crippen LogP contribution in [0, 0.1) is 0 Å². The quantitative estimate of drug-likeness (QED) is 0.574. The summed E-state index contributed by atoms with van der Waals surface area (Å²) in [4.78, 5) is 38.1. The molecule has 0 amide bonds. The summed E-state index contributed by atoms with van der Waals surface area (Å²) >= 11 is 0. The Morgan fingerprint density at radius 1 is 1.00 bits per heavy atom. The molecule has 0 radical (unpaired) electrons. The van der Waals surface area contributed by atoms with Gasteiger partial charge in [-0.3, -0.25) is 14.4 Å². The fraction of sp³-hybridized carbons (Fsp3) is 0.348. The van der Waals surface area contributed by atoms with Crippen molar-refractivity contribution in [3.8, 4) is 23.0 Å². The molecule has 4 rings (SSSR count). The Hall–Kier alpha value is -3.59. The Balaban J connectivity index is 1.88. The Bertz CT molecular complexity index is 1140.